The Bertz CT molecular complexity index is 494. The first-order chi connectivity index (χ1) is 10.4. The molecule has 0 aromatic heterocycles. The third-order valence-corrected chi connectivity index (χ3v) is 4.33. The molecule has 122 valence electrons. The Balaban J connectivity index is 1.90. The molecular weight excluding hydrogens is 276 g/mol. The standard InChI is InChI=1S/C18H28N2O2/c1-12(2)22-17-10-8-15(9-11-17)13(3)19-18(21)20(5)14(4)16-6-7-16/h8-14,16H,6-7H2,1-5H3,(H,19,21). The van der Waals surface area contributed by atoms with E-state index in [1.54, 1.807) is 0 Å². The monoisotopic (exact) mass is 304 g/mol. The van der Waals surface area contributed by atoms with Gasteiger partial charge >= 0.3 is 6.03 Å². The SMILES string of the molecule is CC(C)Oc1ccc(C(C)NC(=O)N(C)C(C)C2CC2)cc1. The van der Waals surface area contributed by atoms with Gasteiger partial charge in [-0.3, -0.25) is 0 Å². The maximum Gasteiger partial charge on any atom is 0.317 e. The van der Waals surface area contributed by atoms with E-state index in [1.165, 1.54) is 12.8 Å². The molecule has 1 aromatic rings. The van der Waals surface area contributed by atoms with Crippen LogP contribution in [0.3, 0.4) is 0 Å². The van der Waals surface area contributed by atoms with Crippen LogP contribution in [0.5, 0.6) is 5.75 Å². The van der Waals surface area contributed by atoms with Crippen molar-refractivity contribution in [3.63, 3.8) is 0 Å². The molecule has 0 saturated heterocycles. The second-order valence-electron chi connectivity index (χ2n) is 6.60. The number of benzene rings is 1. The van der Waals surface area contributed by atoms with Crippen LogP contribution in [0, 0.1) is 5.92 Å². The van der Waals surface area contributed by atoms with Crippen molar-refractivity contribution in [2.75, 3.05) is 7.05 Å². The number of carbonyl (C=O) groups is 1. The summed E-state index contributed by atoms with van der Waals surface area (Å²) in [6.45, 7) is 8.15. The highest BCUT2D eigenvalue weighted by Gasteiger charge is 2.32. The molecule has 4 nitrogen and oxygen atoms in total. The first kappa shape index (κ1) is 16.7. The summed E-state index contributed by atoms with van der Waals surface area (Å²) in [6.07, 6.45) is 2.65. The lowest BCUT2D eigenvalue weighted by molar-refractivity contribution is 0.185. The number of hydrogen-bond donors (Lipinski definition) is 1. The molecular formula is C18H28N2O2. The summed E-state index contributed by atoms with van der Waals surface area (Å²) in [5.41, 5.74) is 1.08. The van der Waals surface area contributed by atoms with Gasteiger partial charge in [0.25, 0.3) is 0 Å². The summed E-state index contributed by atoms with van der Waals surface area (Å²) >= 11 is 0. The molecule has 0 bridgehead atoms. The third kappa shape index (κ3) is 4.39. The van der Waals surface area contributed by atoms with Crippen molar-refractivity contribution in [2.45, 2.75) is 58.7 Å². The summed E-state index contributed by atoms with van der Waals surface area (Å²) in [6, 6.07) is 8.21. The molecule has 2 unspecified atom stereocenters. The van der Waals surface area contributed by atoms with Crippen molar-refractivity contribution < 1.29 is 9.53 Å². The summed E-state index contributed by atoms with van der Waals surface area (Å²) in [5.74, 6) is 1.54. The van der Waals surface area contributed by atoms with Crippen LogP contribution in [0.2, 0.25) is 0 Å². The van der Waals surface area contributed by atoms with Gasteiger partial charge in [-0.05, 0) is 64.2 Å². The number of ether oxygens (including phenoxy) is 1. The molecule has 1 fully saturated rings. The average molecular weight is 304 g/mol. The van der Waals surface area contributed by atoms with Crippen LogP contribution >= 0.6 is 0 Å². The highest BCUT2D eigenvalue weighted by molar-refractivity contribution is 5.74. The van der Waals surface area contributed by atoms with Crippen molar-refractivity contribution >= 4 is 6.03 Å². The minimum Gasteiger partial charge on any atom is -0.491 e. The van der Waals surface area contributed by atoms with Crippen LogP contribution in [-0.2, 0) is 0 Å². The number of hydrogen-bond acceptors (Lipinski definition) is 2. The van der Waals surface area contributed by atoms with Gasteiger partial charge in [0.1, 0.15) is 5.75 Å². The van der Waals surface area contributed by atoms with Crippen molar-refractivity contribution in [1.82, 2.24) is 10.2 Å². The molecule has 0 radical (unpaired) electrons. The van der Waals surface area contributed by atoms with E-state index >= 15 is 0 Å². The molecule has 0 aliphatic heterocycles. The van der Waals surface area contributed by atoms with Gasteiger partial charge in [-0.1, -0.05) is 12.1 Å². The molecule has 2 rings (SSSR count). The summed E-state index contributed by atoms with van der Waals surface area (Å²) in [7, 11) is 1.88. The van der Waals surface area contributed by atoms with Gasteiger partial charge in [0.15, 0.2) is 0 Å². The van der Waals surface area contributed by atoms with Gasteiger partial charge in [0.2, 0.25) is 0 Å². The van der Waals surface area contributed by atoms with E-state index in [9.17, 15) is 4.79 Å². The minimum absolute atomic E-state index is 0.00518. The molecule has 4 heteroatoms. The van der Waals surface area contributed by atoms with E-state index in [0.717, 1.165) is 11.3 Å². The van der Waals surface area contributed by atoms with E-state index in [4.69, 9.17) is 4.74 Å². The number of amides is 2. The zero-order chi connectivity index (χ0) is 16.3. The van der Waals surface area contributed by atoms with Crippen LogP contribution in [0.15, 0.2) is 24.3 Å². The largest absolute Gasteiger partial charge is 0.491 e. The number of nitrogens with zero attached hydrogens (tertiary/aromatic N) is 1. The lowest BCUT2D eigenvalue weighted by atomic mass is 10.1. The Morgan fingerprint density at radius 1 is 1.18 bits per heavy atom. The molecule has 0 heterocycles. The van der Waals surface area contributed by atoms with Crippen LogP contribution in [0.1, 0.15) is 52.1 Å². The number of rotatable bonds is 6. The molecule has 1 N–H and O–H groups in total. The van der Waals surface area contributed by atoms with Gasteiger partial charge < -0.3 is 15.0 Å². The molecule has 1 aliphatic carbocycles. The fraction of sp³-hybridized carbons (Fsp3) is 0.611. The minimum atomic E-state index is -0.0190. The Labute approximate surface area is 133 Å². The molecule has 2 amide bonds. The van der Waals surface area contributed by atoms with Crippen LogP contribution in [-0.4, -0.2) is 30.1 Å². The highest BCUT2D eigenvalue weighted by Crippen LogP contribution is 2.34. The van der Waals surface area contributed by atoms with Gasteiger partial charge in [0.05, 0.1) is 12.1 Å². The second kappa shape index (κ2) is 7.03. The lowest BCUT2D eigenvalue weighted by Crippen LogP contribution is -2.44. The van der Waals surface area contributed by atoms with E-state index < -0.39 is 0 Å². The number of nitrogens with one attached hydrogen (secondary N) is 1. The van der Waals surface area contributed by atoms with Crippen LogP contribution in [0.4, 0.5) is 4.79 Å². The fourth-order valence-corrected chi connectivity index (χ4v) is 2.56. The highest BCUT2D eigenvalue weighted by atomic mass is 16.5. The number of carbonyl (C=O) groups excluding carboxylic acids is 1. The van der Waals surface area contributed by atoms with Crippen LogP contribution < -0.4 is 10.1 Å². The zero-order valence-corrected chi connectivity index (χ0v) is 14.3. The zero-order valence-electron chi connectivity index (χ0n) is 14.3. The summed E-state index contributed by atoms with van der Waals surface area (Å²) in [4.78, 5) is 14.1. The summed E-state index contributed by atoms with van der Waals surface area (Å²) in [5, 5.41) is 3.07. The van der Waals surface area contributed by atoms with Crippen molar-refractivity contribution in [3.8, 4) is 5.75 Å². The second-order valence-corrected chi connectivity index (χ2v) is 6.60. The normalized spacial score (nSPS) is 17.0. The van der Waals surface area contributed by atoms with Gasteiger partial charge in [-0.15, -0.1) is 0 Å². The maximum atomic E-state index is 12.3. The van der Waals surface area contributed by atoms with E-state index in [-0.39, 0.29) is 18.2 Å². The molecule has 0 spiro atoms. The Kier molecular flexibility index (Phi) is 5.33. The molecule has 22 heavy (non-hydrogen) atoms. The van der Waals surface area contributed by atoms with Gasteiger partial charge in [0, 0.05) is 13.1 Å². The summed E-state index contributed by atoms with van der Waals surface area (Å²) < 4.78 is 5.64. The van der Waals surface area contributed by atoms with E-state index in [0.29, 0.717) is 12.0 Å². The predicted octanol–water partition coefficient (Wildman–Crippen LogP) is 3.97. The van der Waals surface area contributed by atoms with Crippen molar-refractivity contribution in [1.29, 1.82) is 0 Å². The first-order valence-corrected chi connectivity index (χ1v) is 8.18. The van der Waals surface area contributed by atoms with Crippen molar-refractivity contribution in [3.05, 3.63) is 29.8 Å². The average Bonchev–Trinajstić information content (AvgIpc) is 3.30. The molecule has 1 aromatic carbocycles. The molecule has 1 aliphatic rings. The topological polar surface area (TPSA) is 41.6 Å². The van der Waals surface area contributed by atoms with Crippen LogP contribution in [0.25, 0.3) is 0 Å². The molecule has 1 saturated carbocycles. The predicted molar refractivity (Wildman–Crippen MR) is 89.1 cm³/mol. The Hall–Kier alpha value is -1.71. The van der Waals surface area contributed by atoms with Gasteiger partial charge in [-0.25, -0.2) is 4.79 Å². The Morgan fingerprint density at radius 2 is 1.77 bits per heavy atom. The van der Waals surface area contributed by atoms with E-state index in [1.807, 2.05) is 57.0 Å². The third-order valence-electron chi connectivity index (χ3n) is 4.33. The molecule has 2 atom stereocenters. The Morgan fingerprint density at radius 3 is 2.27 bits per heavy atom. The smallest absolute Gasteiger partial charge is 0.317 e. The maximum absolute atomic E-state index is 12.3. The number of urea groups is 1. The van der Waals surface area contributed by atoms with Crippen molar-refractivity contribution in [2.24, 2.45) is 5.92 Å². The quantitative estimate of drug-likeness (QED) is 0.864. The first-order valence-electron chi connectivity index (χ1n) is 8.18. The van der Waals surface area contributed by atoms with Gasteiger partial charge in [-0.2, -0.15) is 0 Å². The van der Waals surface area contributed by atoms with E-state index in [2.05, 4.69) is 12.2 Å². The lowest BCUT2D eigenvalue weighted by Gasteiger charge is -2.27. The fourth-order valence-electron chi connectivity index (χ4n) is 2.56.